The maximum atomic E-state index is 12.8. The first-order valence-electron chi connectivity index (χ1n) is 7.20. The van der Waals surface area contributed by atoms with Crippen molar-refractivity contribution in [3.05, 3.63) is 29.8 Å². The van der Waals surface area contributed by atoms with Gasteiger partial charge in [0, 0.05) is 12.8 Å². The Bertz CT molecular complexity index is 601. The van der Waals surface area contributed by atoms with Gasteiger partial charge < -0.3 is 14.6 Å². The van der Waals surface area contributed by atoms with Crippen LogP contribution >= 0.6 is 0 Å². The second kappa shape index (κ2) is 5.35. The molecule has 5 nitrogen and oxygen atoms in total. The van der Waals surface area contributed by atoms with E-state index < -0.39 is 27.0 Å². The van der Waals surface area contributed by atoms with Crippen LogP contribution in [0.1, 0.15) is 24.8 Å². The number of aliphatic hydroxyl groups is 1. The lowest BCUT2D eigenvalue weighted by Crippen LogP contribution is -2.48. The van der Waals surface area contributed by atoms with Crippen LogP contribution in [0.5, 0.6) is 0 Å². The summed E-state index contributed by atoms with van der Waals surface area (Å²) in [6, 6.07) is 6.71. The highest BCUT2D eigenvalue weighted by atomic mass is 32.2. The van der Waals surface area contributed by atoms with E-state index in [1.807, 2.05) is 6.92 Å². The summed E-state index contributed by atoms with van der Waals surface area (Å²) in [7, 11) is -3.60. The SMILES string of the molecule is Cc1ccc(S(=O)(=O)C2CC3(CCC2O)OCCO3)cc1. The van der Waals surface area contributed by atoms with Crippen molar-refractivity contribution in [2.45, 2.75) is 48.2 Å². The van der Waals surface area contributed by atoms with Gasteiger partial charge in [-0.25, -0.2) is 8.42 Å². The second-order valence-electron chi connectivity index (χ2n) is 5.81. The molecule has 6 heteroatoms. The molecule has 1 spiro atoms. The van der Waals surface area contributed by atoms with E-state index >= 15 is 0 Å². The molecule has 1 saturated carbocycles. The van der Waals surface area contributed by atoms with E-state index in [1.165, 1.54) is 0 Å². The van der Waals surface area contributed by atoms with Crippen molar-refractivity contribution in [2.75, 3.05) is 13.2 Å². The molecule has 2 atom stereocenters. The van der Waals surface area contributed by atoms with Gasteiger partial charge in [-0.3, -0.25) is 0 Å². The molecular formula is C15H20O5S. The first-order valence-corrected chi connectivity index (χ1v) is 8.74. The zero-order valence-electron chi connectivity index (χ0n) is 12.0. The Morgan fingerprint density at radius 2 is 1.81 bits per heavy atom. The summed E-state index contributed by atoms with van der Waals surface area (Å²) in [5, 5.41) is 9.29. The molecule has 1 aromatic rings. The summed E-state index contributed by atoms with van der Waals surface area (Å²) in [5.41, 5.74) is 0.997. The van der Waals surface area contributed by atoms with Gasteiger partial charge in [0.05, 0.1) is 29.5 Å². The maximum absolute atomic E-state index is 12.8. The summed E-state index contributed by atoms with van der Waals surface area (Å²) in [6.45, 7) is 2.86. The molecule has 1 N–H and O–H groups in total. The fraction of sp³-hybridized carbons (Fsp3) is 0.600. The van der Waals surface area contributed by atoms with Gasteiger partial charge in [0.1, 0.15) is 0 Å². The quantitative estimate of drug-likeness (QED) is 0.894. The summed E-state index contributed by atoms with van der Waals surface area (Å²) in [4.78, 5) is 0.243. The third-order valence-corrected chi connectivity index (χ3v) is 6.53. The molecule has 0 radical (unpaired) electrons. The van der Waals surface area contributed by atoms with Crippen LogP contribution in [-0.4, -0.2) is 43.9 Å². The normalized spacial score (nSPS) is 28.9. The van der Waals surface area contributed by atoms with Crippen LogP contribution in [0, 0.1) is 6.92 Å². The molecule has 1 aliphatic carbocycles. The van der Waals surface area contributed by atoms with Gasteiger partial charge in [0.15, 0.2) is 15.6 Å². The first-order chi connectivity index (χ1) is 9.93. The molecule has 0 amide bonds. The highest BCUT2D eigenvalue weighted by Gasteiger charge is 2.49. The molecule has 0 bridgehead atoms. The Kier molecular flexibility index (Phi) is 3.81. The molecule has 21 heavy (non-hydrogen) atoms. The molecule has 1 saturated heterocycles. The molecule has 1 heterocycles. The number of hydrogen-bond donors (Lipinski definition) is 1. The third-order valence-electron chi connectivity index (χ3n) is 4.32. The highest BCUT2D eigenvalue weighted by molar-refractivity contribution is 7.92. The topological polar surface area (TPSA) is 72.8 Å². The predicted octanol–water partition coefficient (Wildman–Crippen LogP) is 1.43. The van der Waals surface area contributed by atoms with Crippen LogP contribution in [0.2, 0.25) is 0 Å². The lowest BCUT2D eigenvalue weighted by molar-refractivity contribution is -0.186. The number of sulfone groups is 1. The average molecular weight is 312 g/mol. The van der Waals surface area contributed by atoms with E-state index in [-0.39, 0.29) is 11.3 Å². The third kappa shape index (κ3) is 2.73. The summed E-state index contributed by atoms with van der Waals surface area (Å²) < 4.78 is 36.8. The number of ether oxygens (including phenoxy) is 2. The van der Waals surface area contributed by atoms with E-state index in [9.17, 15) is 13.5 Å². The molecule has 1 aromatic carbocycles. The van der Waals surface area contributed by atoms with Crippen molar-refractivity contribution in [3.8, 4) is 0 Å². The molecule has 2 unspecified atom stereocenters. The van der Waals surface area contributed by atoms with Crippen LogP contribution in [-0.2, 0) is 19.3 Å². The van der Waals surface area contributed by atoms with E-state index in [0.29, 0.717) is 26.1 Å². The number of aryl methyl sites for hydroxylation is 1. The van der Waals surface area contributed by atoms with Gasteiger partial charge in [-0.1, -0.05) is 17.7 Å². The monoisotopic (exact) mass is 312 g/mol. The van der Waals surface area contributed by atoms with E-state index in [1.54, 1.807) is 24.3 Å². The number of benzene rings is 1. The Morgan fingerprint density at radius 1 is 1.19 bits per heavy atom. The predicted molar refractivity (Wildman–Crippen MR) is 76.6 cm³/mol. The maximum Gasteiger partial charge on any atom is 0.183 e. The van der Waals surface area contributed by atoms with E-state index in [4.69, 9.17) is 9.47 Å². The van der Waals surface area contributed by atoms with Crippen molar-refractivity contribution in [1.29, 1.82) is 0 Å². The number of aliphatic hydroxyl groups excluding tert-OH is 1. The molecular weight excluding hydrogens is 292 g/mol. The fourth-order valence-corrected chi connectivity index (χ4v) is 4.96. The van der Waals surface area contributed by atoms with Crippen molar-refractivity contribution in [2.24, 2.45) is 0 Å². The summed E-state index contributed by atoms with van der Waals surface area (Å²) >= 11 is 0. The molecule has 2 aliphatic rings. The molecule has 2 fully saturated rings. The standard InChI is InChI=1S/C15H20O5S/c1-11-2-4-12(5-3-11)21(17,18)14-10-15(7-6-13(14)16)19-8-9-20-15/h2-5,13-14,16H,6-10H2,1H3. The van der Waals surface area contributed by atoms with Crippen LogP contribution in [0.4, 0.5) is 0 Å². The highest BCUT2D eigenvalue weighted by Crippen LogP contribution is 2.40. The van der Waals surface area contributed by atoms with Crippen LogP contribution in [0.3, 0.4) is 0 Å². The average Bonchev–Trinajstić information content (AvgIpc) is 2.91. The van der Waals surface area contributed by atoms with Gasteiger partial charge in [-0.05, 0) is 25.5 Å². The van der Waals surface area contributed by atoms with E-state index in [2.05, 4.69) is 0 Å². The Morgan fingerprint density at radius 3 is 2.43 bits per heavy atom. The Labute approximate surface area is 124 Å². The number of hydrogen-bond acceptors (Lipinski definition) is 5. The zero-order chi connectivity index (χ0) is 15.1. The summed E-state index contributed by atoms with van der Waals surface area (Å²) in [6.07, 6.45) is 0.212. The van der Waals surface area contributed by atoms with Gasteiger partial charge in [-0.15, -0.1) is 0 Å². The minimum Gasteiger partial charge on any atom is -0.392 e. The van der Waals surface area contributed by atoms with Crippen LogP contribution in [0.25, 0.3) is 0 Å². The molecule has 116 valence electrons. The lowest BCUT2D eigenvalue weighted by Gasteiger charge is -2.38. The van der Waals surface area contributed by atoms with Crippen LogP contribution < -0.4 is 0 Å². The van der Waals surface area contributed by atoms with Crippen molar-refractivity contribution in [1.82, 2.24) is 0 Å². The van der Waals surface area contributed by atoms with Crippen molar-refractivity contribution in [3.63, 3.8) is 0 Å². The molecule has 3 rings (SSSR count). The van der Waals surface area contributed by atoms with Gasteiger partial charge >= 0.3 is 0 Å². The molecule has 0 aromatic heterocycles. The first kappa shape index (κ1) is 15.0. The molecule has 1 aliphatic heterocycles. The van der Waals surface area contributed by atoms with Gasteiger partial charge in [0.2, 0.25) is 0 Å². The minimum absolute atomic E-state index is 0.185. The van der Waals surface area contributed by atoms with E-state index in [0.717, 1.165) is 5.56 Å². The Balaban J connectivity index is 1.91. The zero-order valence-corrected chi connectivity index (χ0v) is 12.8. The Hall–Kier alpha value is -0.950. The van der Waals surface area contributed by atoms with Gasteiger partial charge in [-0.2, -0.15) is 0 Å². The summed E-state index contributed by atoms with van der Waals surface area (Å²) in [5.74, 6) is -0.832. The van der Waals surface area contributed by atoms with Crippen LogP contribution in [0.15, 0.2) is 29.2 Å². The minimum atomic E-state index is -3.60. The smallest absolute Gasteiger partial charge is 0.183 e. The lowest BCUT2D eigenvalue weighted by atomic mass is 9.91. The number of rotatable bonds is 2. The fourth-order valence-electron chi connectivity index (χ4n) is 3.08. The second-order valence-corrected chi connectivity index (χ2v) is 7.98. The van der Waals surface area contributed by atoms with Crippen molar-refractivity contribution < 1.29 is 23.0 Å². The van der Waals surface area contributed by atoms with Gasteiger partial charge in [0.25, 0.3) is 0 Å². The van der Waals surface area contributed by atoms with Crippen molar-refractivity contribution >= 4 is 9.84 Å². The largest absolute Gasteiger partial charge is 0.392 e.